The molecule has 1 heterocycles. The van der Waals surface area contributed by atoms with Crippen LogP contribution in [0.4, 0.5) is 0 Å². The number of halogens is 2. The van der Waals surface area contributed by atoms with Gasteiger partial charge in [0.25, 0.3) is 0 Å². The second-order valence-corrected chi connectivity index (χ2v) is 5.76. The Morgan fingerprint density at radius 2 is 2.11 bits per heavy atom. The Kier molecular flexibility index (Phi) is 5.60. The van der Waals surface area contributed by atoms with E-state index in [9.17, 15) is 0 Å². The number of thiazole rings is 1. The van der Waals surface area contributed by atoms with E-state index in [-0.39, 0.29) is 6.61 Å². The van der Waals surface area contributed by atoms with Crippen molar-refractivity contribution in [3.8, 4) is 11.3 Å². The molecule has 0 spiro atoms. The predicted molar refractivity (Wildman–Crippen MR) is 81.2 cm³/mol. The first-order chi connectivity index (χ1) is 9.20. The maximum Gasteiger partial charge on any atom is 0.0945 e. The normalized spacial score (nSPS) is 10.9. The van der Waals surface area contributed by atoms with Crippen molar-refractivity contribution < 1.29 is 5.11 Å². The standard InChI is InChI=1S/C13H14Cl2N2OS/c14-9-1-2-10(11(15)7-9)12-8-19-13(17-12)3-4-16-5-6-18/h1-2,7-8,16,18H,3-6H2. The topological polar surface area (TPSA) is 45.1 Å². The fourth-order valence-corrected chi connectivity index (χ4v) is 2.95. The van der Waals surface area contributed by atoms with E-state index in [0.29, 0.717) is 16.6 Å². The average molecular weight is 317 g/mol. The third kappa shape index (κ3) is 4.16. The molecule has 0 radical (unpaired) electrons. The highest BCUT2D eigenvalue weighted by Gasteiger charge is 2.08. The van der Waals surface area contributed by atoms with E-state index < -0.39 is 0 Å². The molecule has 0 aliphatic rings. The Morgan fingerprint density at radius 3 is 2.84 bits per heavy atom. The molecule has 3 nitrogen and oxygen atoms in total. The van der Waals surface area contributed by atoms with E-state index in [1.807, 2.05) is 17.5 Å². The summed E-state index contributed by atoms with van der Waals surface area (Å²) in [5.74, 6) is 0. The van der Waals surface area contributed by atoms with Crippen molar-refractivity contribution in [3.05, 3.63) is 38.6 Å². The number of aliphatic hydroxyl groups excluding tert-OH is 1. The molecular formula is C13H14Cl2N2OS. The van der Waals surface area contributed by atoms with E-state index in [0.717, 1.165) is 29.2 Å². The van der Waals surface area contributed by atoms with Crippen molar-refractivity contribution in [2.45, 2.75) is 6.42 Å². The lowest BCUT2D eigenvalue weighted by Crippen LogP contribution is -2.20. The zero-order valence-corrected chi connectivity index (χ0v) is 12.5. The van der Waals surface area contributed by atoms with Gasteiger partial charge in [0.2, 0.25) is 0 Å². The average Bonchev–Trinajstić information content (AvgIpc) is 2.83. The first-order valence-corrected chi connectivity index (χ1v) is 7.55. The van der Waals surface area contributed by atoms with Crippen LogP contribution >= 0.6 is 34.5 Å². The maximum absolute atomic E-state index is 8.67. The summed E-state index contributed by atoms with van der Waals surface area (Å²) in [7, 11) is 0. The van der Waals surface area contributed by atoms with Crippen LogP contribution in [0.1, 0.15) is 5.01 Å². The molecule has 1 aromatic heterocycles. The zero-order valence-electron chi connectivity index (χ0n) is 10.2. The summed E-state index contributed by atoms with van der Waals surface area (Å²) < 4.78 is 0. The molecule has 6 heteroatoms. The van der Waals surface area contributed by atoms with Gasteiger partial charge in [-0.2, -0.15) is 0 Å². The van der Waals surface area contributed by atoms with Crippen molar-refractivity contribution >= 4 is 34.5 Å². The van der Waals surface area contributed by atoms with Crippen molar-refractivity contribution in [1.82, 2.24) is 10.3 Å². The molecule has 2 aromatic rings. The van der Waals surface area contributed by atoms with E-state index in [1.54, 1.807) is 17.4 Å². The molecule has 0 amide bonds. The molecule has 2 N–H and O–H groups in total. The maximum atomic E-state index is 8.67. The fraction of sp³-hybridized carbons (Fsp3) is 0.308. The van der Waals surface area contributed by atoms with Gasteiger partial charge < -0.3 is 10.4 Å². The van der Waals surface area contributed by atoms with Gasteiger partial charge in [0, 0.05) is 35.5 Å². The molecule has 0 saturated carbocycles. The number of rotatable bonds is 6. The second-order valence-electron chi connectivity index (χ2n) is 3.97. The number of hydrogen-bond acceptors (Lipinski definition) is 4. The van der Waals surface area contributed by atoms with Crippen LogP contribution in [0.5, 0.6) is 0 Å². The molecule has 0 aliphatic carbocycles. The molecule has 1 aromatic carbocycles. The lowest BCUT2D eigenvalue weighted by molar-refractivity contribution is 0.293. The molecular weight excluding hydrogens is 303 g/mol. The summed E-state index contributed by atoms with van der Waals surface area (Å²) in [4.78, 5) is 4.56. The van der Waals surface area contributed by atoms with Gasteiger partial charge in [-0.3, -0.25) is 0 Å². The summed E-state index contributed by atoms with van der Waals surface area (Å²) in [5, 5.41) is 16.1. The smallest absolute Gasteiger partial charge is 0.0945 e. The summed E-state index contributed by atoms with van der Waals surface area (Å²) in [5.41, 5.74) is 1.78. The van der Waals surface area contributed by atoms with E-state index in [2.05, 4.69) is 10.3 Å². The molecule has 0 bridgehead atoms. The molecule has 2 rings (SSSR count). The van der Waals surface area contributed by atoms with Crippen molar-refractivity contribution in [2.75, 3.05) is 19.7 Å². The van der Waals surface area contributed by atoms with Crippen LogP contribution in [0.25, 0.3) is 11.3 Å². The Balaban J connectivity index is 2.04. The first kappa shape index (κ1) is 14.8. The Hall–Kier alpha value is -0.650. The minimum atomic E-state index is 0.156. The van der Waals surface area contributed by atoms with Crippen molar-refractivity contribution in [1.29, 1.82) is 0 Å². The zero-order chi connectivity index (χ0) is 13.7. The fourth-order valence-electron chi connectivity index (χ4n) is 1.65. The molecule has 0 aliphatic heterocycles. The molecule has 0 fully saturated rings. The summed E-state index contributed by atoms with van der Waals surface area (Å²) >= 11 is 13.6. The van der Waals surface area contributed by atoms with Crippen molar-refractivity contribution in [3.63, 3.8) is 0 Å². The highest BCUT2D eigenvalue weighted by atomic mass is 35.5. The van der Waals surface area contributed by atoms with Crippen LogP contribution in [-0.4, -0.2) is 29.8 Å². The first-order valence-electron chi connectivity index (χ1n) is 5.92. The molecule has 19 heavy (non-hydrogen) atoms. The largest absolute Gasteiger partial charge is 0.395 e. The number of benzene rings is 1. The number of aliphatic hydroxyl groups is 1. The van der Waals surface area contributed by atoms with E-state index in [1.165, 1.54) is 0 Å². The Labute approximate surface area is 126 Å². The van der Waals surface area contributed by atoms with Crippen LogP contribution in [0.3, 0.4) is 0 Å². The molecule has 0 saturated heterocycles. The lowest BCUT2D eigenvalue weighted by atomic mass is 10.2. The Bertz CT molecular complexity index is 545. The highest BCUT2D eigenvalue weighted by molar-refractivity contribution is 7.09. The van der Waals surface area contributed by atoms with Gasteiger partial charge in [0.15, 0.2) is 0 Å². The van der Waals surface area contributed by atoms with Gasteiger partial charge in [0.05, 0.1) is 22.3 Å². The number of nitrogens with zero attached hydrogens (tertiary/aromatic N) is 1. The lowest BCUT2D eigenvalue weighted by Gasteiger charge is -2.01. The van der Waals surface area contributed by atoms with Gasteiger partial charge in [-0.1, -0.05) is 23.2 Å². The van der Waals surface area contributed by atoms with Crippen molar-refractivity contribution in [2.24, 2.45) is 0 Å². The Morgan fingerprint density at radius 1 is 1.26 bits per heavy atom. The minimum absolute atomic E-state index is 0.156. The quantitative estimate of drug-likeness (QED) is 0.804. The third-order valence-corrected chi connectivity index (χ3v) is 4.02. The third-order valence-electron chi connectivity index (χ3n) is 2.56. The summed E-state index contributed by atoms with van der Waals surface area (Å²) in [6.45, 7) is 1.58. The predicted octanol–water partition coefficient (Wildman–Crippen LogP) is 3.24. The summed E-state index contributed by atoms with van der Waals surface area (Å²) in [6.07, 6.45) is 0.843. The molecule has 102 valence electrons. The van der Waals surface area contributed by atoms with Crippen LogP contribution < -0.4 is 5.32 Å². The minimum Gasteiger partial charge on any atom is -0.395 e. The monoisotopic (exact) mass is 316 g/mol. The van der Waals surface area contributed by atoms with Gasteiger partial charge in [-0.05, 0) is 18.2 Å². The van der Waals surface area contributed by atoms with Crippen LogP contribution in [0.2, 0.25) is 10.0 Å². The van der Waals surface area contributed by atoms with Gasteiger partial charge in [-0.25, -0.2) is 4.98 Å². The summed E-state index contributed by atoms with van der Waals surface area (Å²) in [6, 6.07) is 5.42. The molecule has 0 unspecified atom stereocenters. The van der Waals surface area contributed by atoms with Crippen LogP contribution in [0.15, 0.2) is 23.6 Å². The SMILES string of the molecule is OCCNCCc1nc(-c2ccc(Cl)cc2Cl)cs1. The van der Waals surface area contributed by atoms with Crippen LogP contribution in [0, 0.1) is 0 Å². The second kappa shape index (κ2) is 7.22. The number of hydrogen-bond donors (Lipinski definition) is 2. The van der Waals surface area contributed by atoms with Crippen LogP contribution in [-0.2, 0) is 6.42 Å². The highest BCUT2D eigenvalue weighted by Crippen LogP contribution is 2.31. The van der Waals surface area contributed by atoms with E-state index >= 15 is 0 Å². The molecule has 0 atom stereocenters. The van der Waals surface area contributed by atoms with Gasteiger partial charge >= 0.3 is 0 Å². The van der Waals surface area contributed by atoms with Gasteiger partial charge in [-0.15, -0.1) is 11.3 Å². The number of nitrogens with one attached hydrogen (secondary N) is 1. The van der Waals surface area contributed by atoms with Gasteiger partial charge in [0.1, 0.15) is 0 Å². The van der Waals surface area contributed by atoms with E-state index in [4.69, 9.17) is 28.3 Å². The number of aromatic nitrogens is 1.